The molecule has 0 spiro atoms. The van der Waals surface area contributed by atoms with Gasteiger partial charge in [0.1, 0.15) is 5.69 Å². The van der Waals surface area contributed by atoms with Crippen LogP contribution in [0.3, 0.4) is 0 Å². The summed E-state index contributed by atoms with van der Waals surface area (Å²) in [6.45, 7) is 1.69. The summed E-state index contributed by atoms with van der Waals surface area (Å²) in [7, 11) is 1.59. The maximum atomic E-state index is 12.1. The fraction of sp³-hybridized carbons (Fsp3) is 0.462. The second-order valence-electron chi connectivity index (χ2n) is 4.73. The lowest BCUT2D eigenvalue weighted by molar-refractivity contribution is -0.383. The molecule has 0 aliphatic carbocycles. The Kier molecular flexibility index (Phi) is 4.52. The van der Waals surface area contributed by atoms with Crippen molar-refractivity contribution in [1.82, 2.24) is 10.4 Å². The zero-order valence-electron chi connectivity index (χ0n) is 11.4. The summed E-state index contributed by atoms with van der Waals surface area (Å²) in [5.74, 6) is -0.238. The van der Waals surface area contributed by atoms with Crippen LogP contribution in [0, 0.1) is 10.1 Å². The Bertz CT molecular complexity index is 512. The highest BCUT2D eigenvalue weighted by atomic mass is 16.6. The van der Waals surface area contributed by atoms with Crippen LogP contribution in [-0.2, 0) is 0 Å². The fourth-order valence-electron chi connectivity index (χ4n) is 2.25. The van der Waals surface area contributed by atoms with Crippen LogP contribution >= 0.6 is 0 Å². The molecule has 0 saturated carbocycles. The summed E-state index contributed by atoms with van der Waals surface area (Å²) >= 11 is 0. The monoisotopic (exact) mass is 278 g/mol. The summed E-state index contributed by atoms with van der Waals surface area (Å²) in [6.07, 6.45) is 3.33. The first kappa shape index (κ1) is 14.3. The highest BCUT2D eigenvalue weighted by Gasteiger charge is 2.18. The van der Waals surface area contributed by atoms with E-state index in [1.165, 1.54) is 24.6 Å². The van der Waals surface area contributed by atoms with Gasteiger partial charge in [-0.15, -0.1) is 0 Å². The van der Waals surface area contributed by atoms with Crippen LogP contribution in [0.15, 0.2) is 18.2 Å². The van der Waals surface area contributed by atoms with Crippen molar-refractivity contribution in [1.29, 1.82) is 0 Å². The number of carbonyl (C=O) groups excluding carboxylic acids is 1. The average molecular weight is 278 g/mol. The zero-order chi connectivity index (χ0) is 14.5. The smallest absolute Gasteiger partial charge is 0.292 e. The molecule has 1 saturated heterocycles. The number of anilines is 1. The molecular weight excluding hydrogens is 260 g/mol. The van der Waals surface area contributed by atoms with E-state index in [9.17, 15) is 14.9 Å². The van der Waals surface area contributed by atoms with Crippen molar-refractivity contribution in [3.63, 3.8) is 0 Å². The molecule has 1 fully saturated rings. The molecule has 2 rings (SSSR count). The van der Waals surface area contributed by atoms with Crippen molar-refractivity contribution in [2.24, 2.45) is 0 Å². The molecule has 1 aromatic carbocycles. The number of hydrogen-bond donors (Lipinski definition) is 2. The molecule has 1 aromatic rings. The van der Waals surface area contributed by atoms with Crippen molar-refractivity contribution < 1.29 is 9.72 Å². The molecule has 1 amide bonds. The van der Waals surface area contributed by atoms with Crippen molar-refractivity contribution in [3.05, 3.63) is 33.9 Å². The van der Waals surface area contributed by atoms with E-state index in [1.54, 1.807) is 7.05 Å². The molecule has 1 heterocycles. The van der Waals surface area contributed by atoms with Gasteiger partial charge in [-0.1, -0.05) is 6.42 Å². The Balaban J connectivity index is 2.11. The minimum absolute atomic E-state index is 0.0398. The molecule has 1 aliphatic heterocycles. The van der Waals surface area contributed by atoms with Crippen molar-refractivity contribution in [3.8, 4) is 0 Å². The van der Waals surface area contributed by atoms with Gasteiger partial charge in [0.25, 0.3) is 11.6 Å². The van der Waals surface area contributed by atoms with Crippen LogP contribution in [0.4, 0.5) is 11.4 Å². The van der Waals surface area contributed by atoms with E-state index in [1.807, 2.05) is 5.01 Å². The summed E-state index contributed by atoms with van der Waals surface area (Å²) < 4.78 is 0. The van der Waals surface area contributed by atoms with Gasteiger partial charge in [-0.05, 0) is 25.0 Å². The lowest BCUT2D eigenvalue weighted by atomic mass is 10.1. The number of nitro groups is 1. The number of nitro benzene ring substituents is 1. The maximum absolute atomic E-state index is 12.1. The first-order chi connectivity index (χ1) is 9.61. The number of rotatable bonds is 4. The highest BCUT2D eigenvalue weighted by Crippen LogP contribution is 2.24. The summed E-state index contributed by atoms with van der Waals surface area (Å²) in [6, 6.07) is 4.31. The lowest BCUT2D eigenvalue weighted by Gasteiger charge is -2.26. The largest absolute Gasteiger partial charge is 0.383 e. The normalized spacial score (nSPS) is 15.7. The second kappa shape index (κ2) is 6.33. The Labute approximate surface area is 117 Å². The fourth-order valence-corrected chi connectivity index (χ4v) is 2.25. The summed E-state index contributed by atoms with van der Waals surface area (Å²) in [5.41, 5.74) is 3.53. The van der Waals surface area contributed by atoms with E-state index in [4.69, 9.17) is 0 Å². The van der Waals surface area contributed by atoms with Crippen LogP contribution in [0.25, 0.3) is 0 Å². The van der Waals surface area contributed by atoms with Crippen LogP contribution in [0.1, 0.15) is 29.6 Å². The van der Waals surface area contributed by atoms with Gasteiger partial charge < -0.3 is 5.32 Å². The number of hydrogen-bond acceptors (Lipinski definition) is 5. The highest BCUT2D eigenvalue weighted by molar-refractivity contribution is 5.95. The van der Waals surface area contributed by atoms with Gasteiger partial charge in [-0.25, -0.2) is 5.01 Å². The lowest BCUT2D eigenvalue weighted by Crippen LogP contribution is -2.45. The van der Waals surface area contributed by atoms with Crippen LogP contribution in [0.5, 0.6) is 0 Å². The van der Waals surface area contributed by atoms with E-state index in [0.29, 0.717) is 11.3 Å². The standard InChI is InChI=1S/C13H18N4O3/c1-14-11-9-10(5-6-12(11)17(19)20)13(18)15-16-7-3-2-4-8-16/h5-6,9,14H,2-4,7-8H2,1H3,(H,15,18). The summed E-state index contributed by atoms with van der Waals surface area (Å²) in [4.78, 5) is 22.5. The molecule has 0 atom stereocenters. The minimum atomic E-state index is -0.474. The van der Waals surface area contributed by atoms with Gasteiger partial charge in [-0.3, -0.25) is 20.3 Å². The molecule has 2 N–H and O–H groups in total. The minimum Gasteiger partial charge on any atom is -0.383 e. The molecule has 7 nitrogen and oxygen atoms in total. The molecule has 0 bridgehead atoms. The molecule has 20 heavy (non-hydrogen) atoms. The van der Waals surface area contributed by atoms with E-state index in [-0.39, 0.29) is 11.6 Å². The first-order valence-corrected chi connectivity index (χ1v) is 6.64. The maximum Gasteiger partial charge on any atom is 0.292 e. The van der Waals surface area contributed by atoms with Crippen molar-refractivity contribution in [2.45, 2.75) is 19.3 Å². The van der Waals surface area contributed by atoms with Crippen molar-refractivity contribution >= 4 is 17.3 Å². The third kappa shape index (κ3) is 3.24. The quantitative estimate of drug-likeness (QED) is 0.647. The molecular formula is C13H18N4O3. The van der Waals surface area contributed by atoms with Crippen LogP contribution in [-0.4, -0.2) is 36.0 Å². The van der Waals surface area contributed by atoms with E-state index in [2.05, 4.69) is 10.7 Å². The van der Waals surface area contributed by atoms with Crippen LogP contribution in [0.2, 0.25) is 0 Å². The molecule has 0 unspecified atom stereocenters. The Morgan fingerprint density at radius 2 is 2.00 bits per heavy atom. The summed E-state index contributed by atoms with van der Waals surface area (Å²) in [5, 5.41) is 15.5. The number of nitrogens with one attached hydrogen (secondary N) is 2. The van der Waals surface area contributed by atoms with Gasteiger partial charge in [0, 0.05) is 31.8 Å². The van der Waals surface area contributed by atoms with E-state index < -0.39 is 4.92 Å². The molecule has 1 aliphatic rings. The second-order valence-corrected chi connectivity index (χ2v) is 4.73. The molecule has 108 valence electrons. The topological polar surface area (TPSA) is 87.5 Å². The van der Waals surface area contributed by atoms with Gasteiger partial charge in [-0.2, -0.15) is 0 Å². The number of amides is 1. The van der Waals surface area contributed by atoms with Gasteiger partial charge >= 0.3 is 0 Å². The first-order valence-electron chi connectivity index (χ1n) is 6.64. The van der Waals surface area contributed by atoms with E-state index >= 15 is 0 Å². The predicted octanol–water partition coefficient (Wildman–Crippen LogP) is 1.77. The van der Waals surface area contributed by atoms with Crippen molar-refractivity contribution in [2.75, 3.05) is 25.5 Å². The van der Waals surface area contributed by atoms with E-state index in [0.717, 1.165) is 25.9 Å². The molecule has 0 radical (unpaired) electrons. The van der Waals surface area contributed by atoms with Crippen LogP contribution < -0.4 is 10.7 Å². The SMILES string of the molecule is CNc1cc(C(=O)NN2CCCCC2)ccc1[N+](=O)[O-]. The third-order valence-electron chi connectivity index (χ3n) is 3.34. The van der Waals surface area contributed by atoms with Gasteiger partial charge in [0.15, 0.2) is 0 Å². The number of carbonyl (C=O) groups is 1. The predicted molar refractivity (Wildman–Crippen MR) is 75.5 cm³/mol. The number of piperidine rings is 1. The third-order valence-corrected chi connectivity index (χ3v) is 3.34. The van der Waals surface area contributed by atoms with Gasteiger partial charge in [0.2, 0.25) is 0 Å². The number of hydrazine groups is 1. The number of nitrogens with zero attached hydrogens (tertiary/aromatic N) is 2. The Morgan fingerprint density at radius 1 is 1.30 bits per heavy atom. The van der Waals surface area contributed by atoms with Gasteiger partial charge in [0.05, 0.1) is 4.92 Å². The molecule has 7 heteroatoms. The Hall–Kier alpha value is -2.15. The average Bonchev–Trinajstić information content (AvgIpc) is 2.47. The Morgan fingerprint density at radius 3 is 2.60 bits per heavy atom. The molecule has 0 aromatic heterocycles. The zero-order valence-corrected chi connectivity index (χ0v) is 11.4. The number of benzene rings is 1.